The van der Waals surface area contributed by atoms with Gasteiger partial charge in [-0.1, -0.05) is 44.2 Å². The summed E-state index contributed by atoms with van der Waals surface area (Å²) in [6.07, 6.45) is 3.57. The molecule has 0 aromatic heterocycles. The third kappa shape index (κ3) is 5.35. The minimum Gasteiger partial charge on any atom is -0.496 e. The van der Waals surface area contributed by atoms with Gasteiger partial charge in [-0.05, 0) is 37.0 Å². The van der Waals surface area contributed by atoms with Crippen LogP contribution in [0.1, 0.15) is 44.2 Å². The van der Waals surface area contributed by atoms with Gasteiger partial charge in [-0.25, -0.2) is 0 Å². The zero-order valence-corrected chi connectivity index (χ0v) is 19.4. The molecule has 1 aliphatic heterocycles. The fraction of sp³-hybridized carbons (Fsp3) is 0.538. The Balaban J connectivity index is 1.70. The van der Waals surface area contributed by atoms with Gasteiger partial charge in [0.1, 0.15) is 12.3 Å². The molecule has 0 radical (unpaired) electrons. The smallest absolute Gasteiger partial charge is 0.122 e. The van der Waals surface area contributed by atoms with Gasteiger partial charge in [0.05, 0.1) is 19.8 Å². The lowest BCUT2D eigenvalue weighted by Crippen LogP contribution is -2.83. The van der Waals surface area contributed by atoms with E-state index < -0.39 is 0 Å². The Morgan fingerprint density at radius 2 is 1.87 bits per heavy atom. The van der Waals surface area contributed by atoms with Crippen molar-refractivity contribution in [2.75, 3.05) is 39.3 Å². The van der Waals surface area contributed by atoms with Gasteiger partial charge in [0.15, 0.2) is 0 Å². The van der Waals surface area contributed by atoms with Crippen molar-refractivity contribution in [3.05, 3.63) is 59.7 Å². The Hall–Kier alpha value is -2.04. The van der Waals surface area contributed by atoms with Crippen molar-refractivity contribution in [3.8, 4) is 5.75 Å². The Morgan fingerprint density at radius 3 is 2.53 bits per heavy atom. The third-order valence-corrected chi connectivity index (χ3v) is 6.59. The van der Waals surface area contributed by atoms with Crippen molar-refractivity contribution in [2.45, 2.75) is 51.2 Å². The first-order valence-electron chi connectivity index (χ1n) is 11.3. The van der Waals surface area contributed by atoms with Crippen LogP contribution in [0.2, 0.25) is 0 Å². The van der Waals surface area contributed by atoms with Gasteiger partial charge in [-0.3, -0.25) is 0 Å². The number of methoxy groups -OCH3 is 1. The molecule has 3 rings (SSSR count). The van der Waals surface area contributed by atoms with Gasteiger partial charge < -0.3 is 19.7 Å². The Morgan fingerprint density at radius 1 is 1.13 bits per heavy atom. The zero-order chi connectivity index (χ0) is 21.6. The van der Waals surface area contributed by atoms with Crippen LogP contribution in [0.3, 0.4) is 0 Å². The molecule has 0 unspecified atom stereocenters. The summed E-state index contributed by atoms with van der Waals surface area (Å²) in [6.45, 7) is 7.48. The molecule has 1 saturated heterocycles. The van der Waals surface area contributed by atoms with Crippen LogP contribution in [0, 0.1) is 5.92 Å². The lowest BCUT2D eigenvalue weighted by Gasteiger charge is -2.43. The highest BCUT2D eigenvalue weighted by Crippen LogP contribution is 2.44. The maximum absolute atomic E-state index is 6.14. The maximum atomic E-state index is 6.14. The van der Waals surface area contributed by atoms with Crippen LogP contribution in [-0.4, -0.2) is 40.5 Å². The molecule has 2 aromatic carbocycles. The van der Waals surface area contributed by atoms with Gasteiger partial charge in [0, 0.05) is 49.4 Å². The van der Waals surface area contributed by atoms with E-state index in [1.54, 1.807) is 7.11 Å². The lowest BCUT2D eigenvalue weighted by molar-refractivity contribution is -0.671. The molecule has 164 valence electrons. The van der Waals surface area contributed by atoms with E-state index in [4.69, 9.17) is 9.47 Å². The summed E-state index contributed by atoms with van der Waals surface area (Å²) in [5.41, 5.74) is 4.09. The predicted molar refractivity (Wildman–Crippen MR) is 124 cm³/mol. The van der Waals surface area contributed by atoms with E-state index in [1.807, 2.05) is 0 Å². The van der Waals surface area contributed by atoms with E-state index in [1.165, 1.54) is 16.8 Å². The standard InChI is InChI=1S/C26H38N2O2/c1-20(2)25-18-26(15-17-30-25,23-8-6-7-9-24(23)29-5)14-16-27-19-21-10-12-22(13-11-21)28(3)4/h6-13,20,25,27H,14-19H2,1-5H3/p+1/t25-,26+/m1/s1. The average Bonchev–Trinajstić information content (AvgIpc) is 2.77. The first-order chi connectivity index (χ1) is 14.4. The Labute approximate surface area is 182 Å². The topological polar surface area (TPSA) is 38.3 Å². The quantitative estimate of drug-likeness (QED) is 0.634. The molecule has 2 atom stereocenters. The molecular weight excluding hydrogens is 372 g/mol. The van der Waals surface area contributed by atoms with E-state index >= 15 is 0 Å². The van der Waals surface area contributed by atoms with E-state index in [-0.39, 0.29) is 5.41 Å². The van der Waals surface area contributed by atoms with Crippen molar-refractivity contribution >= 4 is 5.69 Å². The number of ether oxygens (including phenoxy) is 2. The number of anilines is 1. The minimum atomic E-state index is 0.116. The molecule has 1 heterocycles. The number of hydrogen-bond acceptors (Lipinski definition) is 3. The normalized spacial score (nSPS) is 21.6. The van der Waals surface area contributed by atoms with Crippen LogP contribution in [0.25, 0.3) is 0 Å². The molecule has 2 N–H and O–H groups in total. The molecular formula is C26H39N2O2+. The highest BCUT2D eigenvalue weighted by molar-refractivity contribution is 5.45. The summed E-state index contributed by atoms with van der Waals surface area (Å²) in [5, 5.41) is 2.45. The van der Waals surface area contributed by atoms with Gasteiger partial charge in [0.25, 0.3) is 0 Å². The number of nitrogens with two attached hydrogens (primary N) is 1. The molecule has 4 heteroatoms. The summed E-state index contributed by atoms with van der Waals surface area (Å²) >= 11 is 0. The molecule has 0 saturated carbocycles. The zero-order valence-electron chi connectivity index (χ0n) is 19.4. The number of para-hydroxylation sites is 1. The number of benzene rings is 2. The van der Waals surface area contributed by atoms with E-state index in [0.29, 0.717) is 12.0 Å². The highest BCUT2D eigenvalue weighted by Gasteiger charge is 2.41. The van der Waals surface area contributed by atoms with E-state index in [9.17, 15) is 0 Å². The first-order valence-corrected chi connectivity index (χ1v) is 11.3. The molecule has 1 aliphatic rings. The number of rotatable bonds is 9. The van der Waals surface area contributed by atoms with Crippen LogP contribution in [0.4, 0.5) is 5.69 Å². The average molecular weight is 412 g/mol. The molecule has 0 aliphatic carbocycles. The van der Waals surface area contributed by atoms with Gasteiger partial charge >= 0.3 is 0 Å². The number of nitrogens with zero attached hydrogens (tertiary/aromatic N) is 1. The van der Waals surface area contributed by atoms with Crippen molar-refractivity contribution in [1.82, 2.24) is 0 Å². The van der Waals surface area contributed by atoms with Crippen LogP contribution >= 0.6 is 0 Å². The maximum Gasteiger partial charge on any atom is 0.122 e. The monoisotopic (exact) mass is 411 g/mol. The van der Waals surface area contributed by atoms with Crippen LogP contribution in [-0.2, 0) is 16.7 Å². The molecule has 0 spiro atoms. The molecule has 0 bridgehead atoms. The Bertz CT molecular complexity index is 788. The van der Waals surface area contributed by atoms with Crippen molar-refractivity contribution in [2.24, 2.45) is 5.92 Å². The molecule has 4 nitrogen and oxygen atoms in total. The van der Waals surface area contributed by atoms with Crippen LogP contribution in [0.5, 0.6) is 5.75 Å². The minimum absolute atomic E-state index is 0.116. The second-order valence-corrected chi connectivity index (χ2v) is 9.18. The number of quaternary nitrogens is 1. The van der Waals surface area contributed by atoms with Gasteiger partial charge in [-0.2, -0.15) is 0 Å². The Kier molecular flexibility index (Phi) is 7.79. The van der Waals surface area contributed by atoms with Crippen LogP contribution in [0.15, 0.2) is 48.5 Å². The summed E-state index contributed by atoms with van der Waals surface area (Å²) in [4.78, 5) is 2.14. The lowest BCUT2D eigenvalue weighted by atomic mass is 9.68. The van der Waals surface area contributed by atoms with E-state index in [2.05, 4.69) is 86.7 Å². The summed E-state index contributed by atoms with van der Waals surface area (Å²) in [7, 11) is 5.95. The summed E-state index contributed by atoms with van der Waals surface area (Å²) in [6, 6.07) is 17.5. The molecule has 0 amide bonds. The summed E-state index contributed by atoms with van der Waals surface area (Å²) in [5.74, 6) is 1.54. The number of hydrogen-bond donors (Lipinski definition) is 1. The second kappa shape index (κ2) is 10.3. The SMILES string of the molecule is COc1ccccc1[C@@]1(CC[NH2+]Cc2ccc(N(C)C)cc2)CCO[C@@H](C(C)C)C1. The molecule has 2 aromatic rings. The van der Waals surface area contributed by atoms with Gasteiger partial charge in [-0.15, -0.1) is 0 Å². The van der Waals surface area contributed by atoms with Crippen molar-refractivity contribution in [3.63, 3.8) is 0 Å². The highest BCUT2D eigenvalue weighted by atomic mass is 16.5. The first kappa shape index (κ1) is 22.6. The molecule has 30 heavy (non-hydrogen) atoms. The van der Waals surface area contributed by atoms with Gasteiger partial charge in [0.2, 0.25) is 0 Å². The van der Waals surface area contributed by atoms with Crippen molar-refractivity contribution in [1.29, 1.82) is 0 Å². The predicted octanol–water partition coefficient (Wildman–Crippen LogP) is 3.99. The van der Waals surface area contributed by atoms with Crippen molar-refractivity contribution < 1.29 is 14.8 Å². The fourth-order valence-electron chi connectivity index (χ4n) is 4.65. The largest absolute Gasteiger partial charge is 0.496 e. The van der Waals surface area contributed by atoms with E-state index in [0.717, 1.165) is 44.7 Å². The molecule has 1 fully saturated rings. The van der Waals surface area contributed by atoms with Crippen LogP contribution < -0.4 is 15.0 Å². The second-order valence-electron chi connectivity index (χ2n) is 9.18. The fourth-order valence-corrected chi connectivity index (χ4v) is 4.65. The summed E-state index contributed by atoms with van der Waals surface area (Å²) < 4.78 is 11.9. The third-order valence-electron chi connectivity index (χ3n) is 6.59.